The summed E-state index contributed by atoms with van der Waals surface area (Å²) >= 11 is 3.06. The fourth-order valence-corrected chi connectivity index (χ4v) is 6.21. The van der Waals surface area contributed by atoms with E-state index in [1.807, 2.05) is 4.90 Å². The van der Waals surface area contributed by atoms with Crippen LogP contribution in [0, 0.1) is 5.92 Å². The fourth-order valence-electron chi connectivity index (χ4n) is 4.03. The third kappa shape index (κ3) is 3.31. The number of carbonyl (C=O) groups excluding carboxylic acids is 1. The second kappa shape index (κ2) is 7.35. The van der Waals surface area contributed by atoms with E-state index < -0.39 is 0 Å². The van der Waals surface area contributed by atoms with Gasteiger partial charge in [0.1, 0.15) is 4.83 Å². The molecule has 0 N–H and O–H groups in total. The molecule has 4 rings (SSSR count). The first-order valence-electron chi connectivity index (χ1n) is 9.46. The van der Waals surface area contributed by atoms with Gasteiger partial charge in [0.15, 0.2) is 5.16 Å². The monoisotopic (exact) mass is 391 g/mol. The number of likely N-dealkylation sites (tertiary alicyclic amines) is 1. The van der Waals surface area contributed by atoms with E-state index in [1.165, 1.54) is 35.0 Å². The maximum absolute atomic E-state index is 12.9. The Labute approximate surface area is 161 Å². The van der Waals surface area contributed by atoms with Crippen LogP contribution in [0.1, 0.15) is 43.0 Å². The van der Waals surface area contributed by atoms with E-state index in [-0.39, 0.29) is 11.5 Å². The molecule has 1 saturated heterocycles. The first-order valence-corrected chi connectivity index (χ1v) is 11.3. The smallest absolute Gasteiger partial charge is 0.262 e. The van der Waals surface area contributed by atoms with Gasteiger partial charge in [-0.05, 0) is 50.0 Å². The van der Waals surface area contributed by atoms with E-state index in [0.29, 0.717) is 16.8 Å². The summed E-state index contributed by atoms with van der Waals surface area (Å²) in [5.41, 5.74) is 1.26. The van der Waals surface area contributed by atoms with Crippen LogP contribution in [0.2, 0.25) is 0 Å². The second-order valence-corrected chi connectivity index (χ2v) is 9.55. The van der Waals surface area contributed by atoms with Crippen molar-refractivity contribution < 1.29 is 4.79 Å². The molecule has 26 heavy (non-hydrogen) atoms. The maximum Gasteiger partial charge on any atom is 0.262 e. The molecule has 1 aliphatic carbocycles. The minimum absolute atomic E-state index is 0.0379. The minimum Gasteiger partial charge on any atom is -0.342 e. The number of aryl methyl sites for hydroxylation is 2. The standard InChI is InChI=1S/C19H25N3O2S2/c1-12-6-5-9-22(10-12)15(23)11-25-19-20-17-16(18(24)21(19)2)13-7-3-4-8-14(13)26-17/h12H,3-11H2,1-2H3/t12-/m1/s1. The van der Waals surface area contributed by atoms with Crippen molar-refractivity contribution in [1.29, 1.82) is 0 Å². The Balaban J connectivity index is 1.56. The predicted octanol–water partition coefficient (Wildman–Crippen LogP) is 3.22. The van der Waals surface area contributed by atoms with Crippen molar-refractivity contribution in [2.24, 2.45) is 13.0 Å². The molecule has 7 heteroatoms. The lowest BCUT2D eigenvalue weighted by Gasteiger charge is -2.30. The first kappa shape index (κ1) is 18.0. The number of aromatic nitrogens is 2. The van der Waals surface area contributed by atoms with Crippen molar-refractivity contribution in [2.75, 3.05) is 18.8 Å². The van der Waals surface area contributed by atoms with Crippen LogP contribution < -0.4 is 5.56 Å². The summed E-state index contributed by atoms with van der Waals surface area (Å²) in [5.74, 6) is 1.08. The molecule has 0 saturated carbocycles. The van der Waals surface area contributed by atoms with Gasteiger partial charge in [0.25, 0.3) is 5.56 Å². The summed E-state index contributed by atoms with van der Waals surface area (Å²) < 4.78 is 1.63. The molecule has 0 unspecified atom stereocenters. The van der Waals surface area contributed by atoms with Crippen LogP contribution in [-0.4, -0.2) is 39.2 Å². The Kier molecular flexibility index (Phi) is 5.10. The van der Waals surface area contributed by atoms with Crippen LogP contribution >= 0.6 is 23.1 Å². The average molecular weight is 392 g/mol. The largest absolute Gasteiger partial charge is 0.342 e. The number of amides is 1. The predicted molar refractivity (Wildman–Crippen MR) is 107 cm³/mol. The van der Waals surface area contributed by atoms with E-state index in [4.69, 9.17) is 4.98 Å². The van der Waals surface area contributed by atoms with Crippen LogP contribution in [0.3, 0.4) is 0 Å². The maximum atomic E-state index is 12.9. The fraction of sp³-hybridized carbons (Fsp3) is 0.632. The number of hydrogen-bond acceptors (Lipinski definition) is 5. The highest BCUT2D eigenvalue weighted by molar-refractivity contribution is 7.99. The summed E-state index contributed by atoms with van der Waals surface area (Å²) in [6, 6.07) is 0. The van der Waals surface area contributed by atoms with Gasteiger partial charge in [-0.25, -0.2) is 4.98 Å². The number of piperidine rings is 1. The molecular formula is C19H25N3O2S2. The van der Waals surface area contributed by atoms with Gasteiger partial charge in [-0.3, -0.25) is 14.2 Å². The van der Waals surface area contributed by atoms with Crippen LogP contribution in [0.15, 0.2) is 9.95 Å². The topological polar surface area (TPSA) is 55.2 Å². The van der Waals surface area contributed by atoms with E-state index >= 15 is 0 Å². The summed E-state index contributed by atoms with van der Waals surface area (Å²) in [6.07, 6.45) is 6.69. The average Bonchev–Trinajstić information content (AvgIpc) is 3.01. The molecule has 0 spiro atoms. The minimum atomic E-state index is 0.0379. The van der Waals surface area contributed by atoms with Crippen molar-refractivity contribution >= 4 is 39.2 Å². The van der Waals surface area contributed by atoms with Crippen molar-refractivity contribution in [3.63, 3.8) is 0 Å². The van der Waals surface area contributed by atoms with Gasteiger partial charge in [-0.2, -0.15) is 0 Å². The zero-order chi connectivity index (χ0) is 18.3. The normalized spacial score (nSPS) is 20.4. The summed E-state index contributed by atoms with van der Waals surface area (Å²) in [4.78, 5) is 34.3. The molecule has 140 valence electrons. The van der Waals surface area contributed by atoms with Crippen molar-refractivity contribution in [1.82, 2.24) is 14.5 Å². The molecule has 0 radical (unpaired) electrons. The third-order valence-corrected chi connectivity index (χ3v) is 7.69. The zero-order valence-corrected chi connectivity index (χ0v) is 17.0. The second-order valence-electron chi connectivity index (χ2n) is 7.53. The Morgan fingerprint density at radius 2 is 2.12 bits per heavy atom. The third-order valence-electron chi connectivity index (χ3n) is 5.49. The van der Waals surface area contributed by atoms with Crippen LogP contribution in [0.4, 0.5) is 0 Å². The number of rotatable bonds is 3. The lowest BCUT2D eigenvalue weighted by molar-refractivity contribution is -0.130. The summed E-state index contributed by atoms with van der Waals surface area (Å²) in [5, 5.41) is 1.47. The Hall–Kier alpha value is -1.34. The SMILES string of the molecule is C[C@@H]1CCCN(C(=O)CSc2nc3sc4c(c3c(=O)n2C)CCCC4)C1. The molecule has 1 atom stereocenters. The number of nitrogens with zero attached hydrogens (tertiary/aromatic N) is 3. The molecule has 3 heterocycles. The molecular weight excluding hydrogens is 366 g/mol. The molecule has 5 nitrogen and oxygen atoms in total. The van der Waals surface area contributed by atoms with Gasteiger partial charge < -0.3 is 4.90 Å². The van der Waals surface area contributed by atoms with Crippen molar-refractivity contribution in [3.05, 3.63) is 20.8 Å². The van der Waals surface area contributed by atoms with Gasteiger partial charge in [-0.15, -0.1) is 11.3 Å². The molecule has 2 aromatic rings. The van der Waals surface area contributed by atoms with Crippen LogP contribution in [-0.2, 0) is 24.7 Å². The molecule has 1 fully saturated rings. The molecule has 0 aromatic carbocycles. The van der Waals surface area contributed by atoms with E-state index in [9.17, 15) is 9.59 Å². The lowest BCUT2D eigenvalue weighted by atomic mass is 9.97. The number of thiophene rings is 1. The number of carbonyl (C=O) groups is 1. The Bertz CT molecular complexity index is 902. The summed E-state index contributed by atoms with van der Waals surface area (Å²) in [6.45, 7) is 3.90. The highest BCUT2D eigenvalue weighted by atomic mass is 32.2. The van der Waals surface area contributed by atoms with Crippen molar-refractivity contribution in [3.8, 4) is 0 Å². The Morgan fingerprint density at radius 3 is 2.92 bits per heavy atom. The van der Waals surface area contributed by atoms with Crippen molar-refractivity contribution in [2.45, 2.75) is 50.6 Å². The lowest BCUT2D eigenvalue weighted by Crippen LogP contribution is -2.40. The van der Waals surface area contributed by atoms with Crippen LogP contribution in [0.5, 0.6) is 0 Å². The summed E-state index contributed by atoms with van der Waals surface area (Å²) in [7, 11) is 1.78. The molecule has 1 aliphatic heterocycles. The number of thioether (sulfide) groups is 1. The highest BCUT2D eigenvalue weighted by Crippen LogP contribution is 2.34. The molecule has 2 aliphatic rings. The zero-order valence-electron chi connectivity index (χ0n) is 15.4. The van der Waals surface area contributed by atoms with E-state index in [2.05, 4.69) is 6.92 Å². The molecule has 1 amide bonds. The van der Waals surface area contributed by atoms with Gasteiger partial charge in [0.2, 0.25) is 5.91 Å². The van der Waals surface area contributed by atoms with E-state index in [0.717, 1.165) is 49.0 Å². The van der Waals surface area contributed by atoms with Gasteiger partial charge in [-0.1, -0.05) is 18.7 Å². The van der Waals surface area contributed by atoms with Gasteiger partial charge >= 0.3 is 0 Å². The quantitative estimate of drug-likeness (QED) is 0.595. The molecule has 0 bridgehead atoms. The van der Waals surface area contributed by atoms with E-state index in [1.54, 1.807) is 23.0 Å². The Morgan fingerprint density at radius 1 is 1.31 bits per heavy atom. The first-order chi connectivity index (χ1) is 12.5. The van der Waals surface area contributed by atoms with Gasteiger partial charge in [0, 0.05) is 25.0 Å². The molecule has 2 aromatic heterocycles. The van der Waals surface area contributed by atoms with Gasteiger partial charge in [0.05, 0.1) is 11.1 Å². The number of hydrogen-bond donors (Lipinski definition) is 0. The highest BCUT2D eigenvalue weighted by Gasteiger charge is 2.23. The van der Waals surface area contributed by atoms with Crippen LogP contribution in [0.25, 0.3) is 10.2 Å². The number of fused-ring (bicyclic) bond motifs is 3.